The number of carbonyl (C=O) groups excluding carboxylic acids is 1. The molecule has 20 heavy (non-hydrogen) atoms. The molecule has 1 N–H and O–H groups in total. The zero-order chi connectivity index (χ0) is 14.5. The summed E-state index contributed by atoms with van der Waals surface area (Å²) in [7, 11) is 0. The Labute approximate surface area is 123 Å². The second-order valence-electron chi connectivity index (χ2n) is 6.48. The molecule has 0 aromatic heterocycles. The largest absolute Gasteiger partial charge is 0.390 e. The number of rotatable bonds is 7. The number of nitrogens with zero attached hydrogens (tertiary/aromatic N) is 2. The van der Waals surface area contributed by atoms with E-state index < -0.39 is 6.10 Å². The van der Waals surface area contributed by atoms with Crippen molar-refractivity contribution in [2.75, 3.05) is 32.7 Å². The Balaban J connectivity index is 1.72. The Bertz CT molecular complexity index is 318. The van der Waals surface area contributed by atoms with Gasteiger partial charge in [0.15, 0.2) is 0 Å². The summed E-state index contributed by atoms with van der Waals surface area (Å²) < 4.78 is 0. The average molecular weight is 282 g/mol. The maximum atomic E-state index is 11.6. The summed E-state index contributed by atoms with van der Waals surface area (Å²) in [6.45, 7) is 8.86. The molecule has 2 aliphatic rings. The molecule has 0 aromatic carbocycles. The maximum Gasteiger partial charge on any atom is 0.222 e. The summed E-state index contributed by atoms with van der Waals surface area (Å²) >= 11 is 0. The van der Waals surface area contributed by atoms with Crippen LogP contribution in [0.15, 0.2) is 0 Å². The number of amides is 1. The van der Waals surface area contributed by atoms with Crippen molar-refractivity contribution >= 4 is 5.91 Å². The van der Waals surface area contributed by atoms with Crippen molar-refractivity contribution in [1.29, 1.82) is 0 Å². The van der Waals surface area contributed by atoms with Crippen LogP contribution in [0, 0.1) is 11.8 Å². The SMILES string of the molecule is CCC(CC)C1CCN(CC(O)CN2CCCC2=O)C1. The predicted molar refractivity (Wildman–Crippen MR) is 80.4 cm³/mol. The van der Waals surface area contributed by atoms with Crippen molar-refractivity contribution in [3.63, 3.8) is 0 Å². The standard InChI is InChI=1S/C16H30N2O2/c1-3-13(4-2)14-7-9-17(10-14)11-15(19)12-18-8-5-6-16(18)20/h13-15,19H,3-12H2,1-2H3. The minimum absolute atomic E-state index is 0.209. The van der Waals surface area contributed by atoms with Crippen molar-refractivity contribution in [2.45, 2.75) is 52.1 Å². The minimum atomic E-state index is -0.391. The highest BCUT2D eigenvalue weighted by molar-refractivity contribution is 5.78. The molecule has 2 saturated heterocycles. The molecule has 2 rings (SSSR count). The highest BCUT2D eigenvalue weighted by atomic mass is 16.3. The molecule has 2 heterocycles. The monoisotopic (exact) mass is 282 g/mol. The second kappa shape index (κ2) is 7.41. The van der Waals surface area contributed by atoms with Gasteiger partial charge in [-0.3, -0.25) is 4.79 Å². The van der Waals surface area contributed by atoms with Gasteiger partial charge in [0.05, 0.1) is 6.10 Å². The topological polar surface area (TPSA) is 43.8 Å². The number of hydrogen-bond donors (Lipinski definition) is 1. The first kappa shape index (κ1) is 15.8. The number of aliphatic hydroxyl groups excluding tert-OH is 1. The average Bonchev–Trinajstić information content (AvgIpc) is 3.02. The van der Waals surface area contributed by atoms with Gasteiger partial charge in [-0.15, -0.1) is 0 Å². The highest BCUT2D eigenvalue weighted by Gasteiger charge is 2.29. The van der Waals surface area contributed by atoms with Crippen molar-refractivity contribution < 1.29 is 9.90 Å². The molecule has 2 fully saturated rings. The summed E-state index contributed by atoms with van der Waals surface area (Å²) in [6, 6.07) is 0. The zero-order valence-electron chi connectivity index (χ0n) is 13.1. The normalized spacial score (nSPS) is 25.9. The number of aliphatic hydroxyl groups is 1. The lowest BCUT2D eigenvalue weighted by Crippen LogP contribution is -2.40. The third kappa shape index (κ3) is 3.95. The van der Waals surface area contributed by atoms with Gasteiger partial charge in [-0.05, 0) is 31.2 Å². The molecule has 0 spiro atoms. The predicted octanol–water partition coefficient (Wildman–Crippen LogP) is 1.73. The van der Waals surface area contributed by atoms with Gasteiger partial charge in [-0.2, -0.15) is 0 Å². The lowest BCUT2D eigenvalue weighted by atomic mass is 9.87. The number of carbonyl (C=O) groups is 1. The van der Waals surface area contributed by atoms with E-state index in [1.807, 2.05) is 4.90 Å². The zero-order valence-corrected chi connectivity index (χ0v) is 13.1. The Kier molecular flexibility index (Phi) is 5.85. The first-order valence-corrected chi connectivity index (χ1v) is 8.32. The lowest BCUT2D eigenvalue weighted by molar-refractivity contribution is -0.129. The van der Waals surface area contributed by atoms with E-state index in [1.54, 1.807) is 0 Å². The molecule has 0 saturated carbocycles. The summed E-state index contributed by atoms with van der Waals surface area (Å²) in [5, 5.41) is 10.2. The van der Waals surface area contributed by atoms with E-state index in [0.29, 0.717) is 13.0 Å². The second-order valence-corrected chi connectivity index (χ2v) is 6.48. The van der Waals surface area contributed by atoms with E-state index in [2.05, 4.69) is 18.7 Å². The molecular weight excluding hydrogens is 252 g/mol. The summed E-state index contributed by atoms with van der Waals surface area (Å²) in [5.41, 5.74) is 0. The Morgan fingerprint density at radius 1 is 1.25 bits per heavy atom. The van der Waals surface area contributed by atoms with Crippen LogP contribution in [0.3, 0.4) is 0 Å². The lowest BCUT2D eigenvalue weighted by Gasteiger charge is -2.25. The smallest absolute Gasteiger partial charge is 0.222 e. The van der Waals surface area contributed by atoms with Gasteiger partial charge in [0.25, 0.3) is 0 Å². The van der Waals surface area contributed by atoms with E-state index in [4.69, 9.17) is 0 Å². The van der Waals surface area contributed by atoms with E-state index in [9.17, 15) is 9.90 Å². The molecule has 2 atom stereocenters. The summed E-state index contributed by atoms with van der Waals surface area (Å²) in [5.74, 6) is 1.84. The molecule has 0 radical (unpaired) electrons. The molecule has 116 valence electrons. The van der Waals surface area contributed by atoms with E-state index in [1.165, 1.54) is 19.3 Å². The van der Waals surface area contributed by atoms with Gasteiger partial charge < -0.3 is 14.9 Å². The van der Waals surface area contributed by atoms with Crippen molar-refractivity contribution in [1.82, 2.24) is 9.80 Å². The third-order valence-electron chi connectivity index (χ3n) is 5.10. The van der Waals surface area contributed by atoms with Gasteiger partial charge in [0.2, 0.25) is 5.91 Å². The quantitative estimate of drug-likeness (QED) is 0.773. The number of hydrogen-bond acceptors (Lipinski definition) is 3. The number of likely N-dealkylation sites (tertiary alicyclic amines) is 2. The van der Waals surface area contributed by atoms with Crippen LogP contribution in [-0.4, -0.2) is 59.6 Å². The van der Waals surface area contributed by atoms with Crippen LogP contribution in [0.4, 0.5) is 0 Å². The molecule has 0 aromatic rings. The van der Waals surface area contributed by atoms with Crippen LogP contribution in [0.5, 0.6) is 0 Å². The minimum Gasteiger partial charge on any atom is -0.390 e. The van der Waals surface area contributed by atoms with Crippen LogP contribution in [0.25, 0.3) is 0 Å². The maximum absolute atomic E-state index is 11.6. The third-order valence-corrected chi connectivity index (χ3v) is 5.10. The molecule has 2 unspecified atom stereocenters. The van der Waals surface area contributed by atoms with Crippen LogP contribution >= 0.6 is 0 Å². The van der Waals surface area contributed by atoms with Crippen molar-refractivity contribution in [2.24, 2.45) is 11.8 Å². The van der Waals surface area contributed by atoms with Crippen LogP contribution in [0.2, 0.25) is 0 Å². The first-order chi connectivity index (χ1) is 9.63. The fourth-order valence-electron chi connectivity index (χ4n) is 3.88. The first-order valence-electron chi connectivity index (χ1n) is 8.32. The van der Waals surface area contributed by atoms with Gasteiger partial charge in [0.1, 0.15) is 0 Å². The van der Waals surface area contributed by atoms with Crippen molar-refractivity contribution in [3.8, 4) is 0 Å². The molecule has 0 bridgehead atoms. The molecule has 4 nitrogen and oxygen atoms in total. The molecule has 1 amide bonds. The van der Waals surface area contributed by atoms with E-state index in [0.717, 1.165) is 44.4 Å². The Morgan fingerprint density at radius 3 is 2.60 bits per heavy atom. The Morgan fingerprint density at radius 2 is 2.00 bits per heavy atom. The molecule has 4 heteroatoms. The highest BCUT2D eigenvalue weighted by Crippen LogP contribution is 2.28. The van der Waals surface area contributed by atoms with Crippen LogP contribution < -0.4 is 0 Å². The number of β-amino-alcohol motifs (C(OH)–C–C–N with tert-alkyl or cyclic N) is 1. The van der Waals surface area contributed by atoms with Gasteiger partial charge in [-0.25, -0.2) is 0 Å². The summed E-state index contributed by atoms with van der Waals surface area (Å²) in [4.78, 5) is 15.8. The van der Waals surface area contributed by atoms with Crippen LogP contribution in [0.1, 0.15) is 46.0 Å². The fraction of sp³-hybridized carbons (Fsp3) is 0.938. The molecular formula is C16H30N2O2. The van der Waals surface area contributed by atoms with Crippen molar-refractivity contribution in [3.05, 3.63) is 0 Å². The van der Waals surface area contributed by atoms with E-state index >= 15 is 0 Å². The molecule has 2 aliphatic heterocycles. The fourth-order valence-corrected chi connectivity index (χ4v) is 3.88. The molecule has 0 aliphatic carbocycles. The Hall–Kier alpha value is -0.610. The summed E-state index contributed by atoms with van der Waals surface area (Å²) in [6.07, 6.45) is 5.01. The van der Waals surface area contributed by atoms with Gasteiger partial charge in [-0.1, -0.05) is 26.7 Å². The van der Waals surface area contributed by atoms with E-state index in [-0.39, 0.29) is 5.91 Å². The van der Waals surface area contributed by atoms with Gasteiger partial charge in [0, 0.05) is 32.6 Å². The van der Waals surface area contributed by atoms with Gasteiger partial charge >= 0.3 is 0 Å². The van der Waals surface area contributed by atoms with Crippen LogP contribution in [-0.2, 0) is 4.79 Å².